The maximum atomic E-state index is 12.5. The van der Waals surface area contributed by atoms with Crippen molar-refractivity contribution in [2.75, 3.05) is 6.61 Å². The second-order valence-electron chi connectivity index (χ2n) is 5.14. The van der Waals surface area contributed by atoms with Gasteiger partial charge in [0.15, 0.2) is 0 Å². The van der Waals surface area contributed by atoms with Crippen molar-refractivity contribution in [1.29, 1.82) is 0 Å². The monoisotopic (exact) mass is 246 g/mol. The molecule has 0 radical (unpaired) electrons. The predicted octanol–water partition coefficient (Wildman–Crippen LogP) is 3.57. The first kappa shape index (κ1) is 14.0. The summed E-state index contributed by atoms with van der Waals surface area (Å²) in [5, 5.41) is 9.15. The van der Waals surface area contributed by atoms with Crippen LogP contribution in [0.3, 0.4) is 0 Å². The summed E-state index contributed by atoms with van der Waals surface area (Å²) in [5.41, 5.74) is 0.517. The van der Waals surface area contributed by atoms with Gasteiger partial charge in [-0.25, -0.2) is 0 Å². The number of aliphatic hydroxyl groups excluding tert-OH is 1. The van der Waals surface area contributed by atoms with E-state index in [9.17, 15) is 13.2 Å². The molecule has 1 rings (SSSR count). The smallest absolute Gasteiger partial charge is 0.396 e. The van der Waals surface area contributed by atoms with Crippen LogP contribution in [0.15, 0.2) is 18.2 Å². The van der Waals surface area contributed by atoms with E-state index in [1.807, 2.05) is 13.8 Å². The van der Waals surface area contributed by atoms with Gasteiger partial charge in [-0.05, 0) is 42.0 Å². The van der Waals surface area contributed by atoms with Crippen LogP contribution in [-0.2, 0) is 12.6 Å². The van der Waals surface area contributed by atoms with Crippen LogP contribution in [0.5, 0.6) is 0 Å². The molecule has 1 nitrogen and oxygen atoms in total. The summed E-state index contributed by atoms with van der Waals surface area (Å²) < 4.78 is 37.4. The van der Waals surface area contributed by atoms with Gasteiger partial charge < -0.3 is 5.11 Å². The van der Waals surface area contributed by atoms with Gasteiger partial charge in [-0.1, -0.05) is 19.9 Å². The summed E-state index contributed by atoms with van der Waals surface area (Å²) in [5.74, 6) is 0. The van der Waals surface area contributed by atoms with E-state index >= 15 is 0 Å². The summed E-state index contributed by atoms with van der Waals surface area (Å²) in [6, 6.07) is 3.74. The molecule has 0 aliphatic rings. The van der Waals surface area contributed by atoms with Gasteiger partial charge in [0.2, 0.25) is 0 Å². The van der Waals surface area contributed by atoms with Crippen molar-refractivity contribution >= 4 is 0 Å². The van der Waals surface area contributed by atoms with E-state index in [2.05, 4.69) is 0 Å². The lowest BCUT2D eigenvalue weighted by Gasteiger charge is -2.23. The van der Waals surface area contributed by atoms with Crippen LogP contribution in [0.25, 0.3) is 0 Å². The highest BCUT2D eigenvalue weighted by molar-refractivity contribution is 5.33. The number of halogens is 3. The van der Waals surface area contributed by atoms with Crippen LogP contribution in [0.1, 0.15) is 30.5 Å². The van der Waals surface area contributed by atoms with Crippen molar-refractivity contribution in [3.05, 3.63) is 34.9 Å². The molecule has 0 saturated heterocycles. The Kier molecular flexibility index (Phi) is 3.87. The van der Waals surface area contributed by atoms with Crippen LogP contribution in [-0.4, -0.2) is 11.7 Å². The maximum absolute atomic E-state index is 12.5. The third kappa shape index (κ3) is 3.73. The van der Waals surface area contributed by atoms with Crippen molar-refractivity contribution in [2.24, 2.45) is 5.41 Å². The number of rotatable bonds is 3. The van der Waals surface area contributed by atoms with Crippen molar-refractivity contribution in [3.8, 4) is 0 Å². The number of aliphatic hydroxyl groups is 1. The Labute approximate surface area is 99.3 Å². The SMILES string of the molecule is Cc1cc(C(F)(F)F)ccc1CC(C)(C)CO. The molecular weight excluding hydrogens is 229 g/mol. The number of benzene rings is 1. The molecule has 0 aromatic heterocycles. The summed E-state index contributed by atoms with van der Waals surface area (Å²) in [4.78, 5) is 0. The molecule has 0 spiro atoms. The fourth-order valence-electron chi connectivity index (χ4n) is 1.64. The molecule has 1 aromatic rings. The van der Waals surface area contributed by atoms with Crippen LogP contribution >= 0.6 is 0 Å². The molecule has 1 aromatic carbocycles. The zero-order valence-corrected chi connectivity index (χ0v) is 10.2. The zero-order chi connectivity index (χ0) is 13.3. The van der Waals surface area contributed by atoms with Gasteiger partial charge in [0.1, 0.15) is 0 Å². The first-order valence-corrected chi connectivity index (χ1v) is 5.43. The quantitative estimate of drug-likeness (QED) is 0.864. The van der Waals surface area contributed by atoms with E-state index in [0.29, 0.717) is 12.0 Å². The highest BCUT2D eigenvalue weighted by atomic mass is 19.4. The third-order valence-corrected chi connectivity index (χ3v) is 2.77. The number of hydrogen-bond acceptors (Lipinski definition) is 1. The molecule has 0 heterocycles. The molecule has 0 unspecified atom stereocenters. The Hall–Kier alpha value is -1.03. The van der Waals surface area contributed by atoms with E-state index in [4.69, 9.17) is 5.11 Å². The molecule has 0 amide bonds. The summed E-state index contributed by atoms with van der Waals surface area (Å²) >= 11 is 0. The van der Waals surface area contributed by atoms with Gasteiger partial charge in [-0.3, -0.25) is 0 Å². The van der Waals surface area contributed by atoms with Crippen molar-refractivity contribution in [1.82, 2.24) is 0 Å². The van der Waals surface area contributed by atoms with Crippen molar-refractivity contribution in [2.45, 2.75) is 33.4 Å². The van der Waals surface area contributed by atoms with Crippen molar-refractivity contribution in [3.63, 3.8) is 0 Å². The standard InChI is InChI=1S/C13H17F3O/c1-9-6-11(13(14,15)16)5-4-10(9)7-12(2,3)8-17/h4-6,17H,7-8H2,1-3H3. The van der Waals surface area contributed by atoms with Crippen LogP contribution < -0.4 is 0 Å². The molecule has 17 heavy (non-hydrogen) atoms. The van der Waals surface area contributed by atoms with E-state index in [1.54, 1.807) is 6.92 Å². The predicted molar refractivity (Wildman–Crippen MR) is 60.8 cm³/mol. The Balaban J connectivity index is 2.99. The van der Waals surface area contributed by atoms with Gasteiger partial charge in [-0.2, -0.15) is 13.2 Å². The van der Waals surface area contributed by atoms with Gasteiger partial charge in [0.25, 0.3) is 0 Å². The number of hydrogen-bond donors (Lipinski definition) is 1. The zero-order valence-electron chi connectivity index (χ0n) is 10.2. The second kappa shape index (κ2) is 4.69. The second-order valence-corrected chi connectivity index (χ2v) is 5.14. The first-order valence-electron chi connectivity index (χ1n) is 5.43. The topological polar surface area (TPSA) is 20.2 Å². The fourth-order valence-corrected chi connectivity index (χ4v) is 1.64. The molecule has 4 heteroatoms. The average molecular weight is 246 g/mol. The van der Waals surface area contributed by atoms with Gasteiger partial charge in [0.05, 0.1) is 5.56 Å². The minimum absolute atomic E-state index is 0.00740. The van der Waals surface area contributed by atoms with Gasteiger partial charge >= 0.3 is 6.18 Å². The Morgan fingerprint density at radius 3 is 2.18 bits per heavy atom. The molecule has 0 fully saturated rings. The summed E-state index contributed by atoms with van der Waals surface area (Å²) in [6.45, 7) is 5.43. The van der Waals surface area contributed by atoms with E-state index < -0.39 is 11.7 Å². The molecule has 96 valence electrons. The van der Waals surface area contributed by atoms with E-state index in [-0.39, 0.29) is 12.0 Å². The molecular formula is C13H17F3O. The lowest BCUT2D eigenvalue weighted by Crippen LogP contribution is -2.20. The van der Waals surface area contributed by atoms with E-state index in [0.717, 1.165) is 17.7 Å². The fraction of sp³-hybridized carbons (Fsp3) is 0.538. The Morgan fingerprint density at radius 1 is 1.18 bits per heavy atom. The Morgan fingerprint density at radius 2 is 1.76 bits per heavy atom. The molecule has 0 atom stereocenters. The highest BCUT2D eigenvalue weighted by Gasteiger charge is 2.30. The lowest BCUT2D eigenvalue weighted by molar-refractivity contribution is -0.137. The maximum Gasteiger partial charge on any atom is 0.416 e. The minimum atomic E-state index is -4.30. The molecule has 0 aliphatic heterocycles. The highest BCUT2D eigenvalue weighted by Crippen LogP contribution is 2.31. The van der Waals surface area contributed by atoms with Crippen molar-refractivity contribution < 1.29 is 18.3 Å². The van der Waals surface area contributed by atoms with Crippen LogP contribution in [0.2, 0.25) is 0 Å². The third-order valence-electron chi connectivity index (χ3n) is 2.77. The largest absolute Gasteiger partial charge is 0.416 e. The summed E-state index contributed by atoms with van der Waals surface area (Å²) in [6.07, 6.45) is -3.73. The molecule has 0 bridgehead atoms. The minimum Gasteiger partial charge on any atom is -0.396 e. The molecule has 1 N–H and O–H groups in total. The number of aryl methyl sites for hydroxylation is 1. The number of alkyl halides is 3. The van der Waals surface area contributed by atoms with Crippen LogP contribution in [0, 0.1) is 12.3 Å². The van der Waals surface area contributed by atoms with Gasteiger partial charge in [-0.15, -0.1) is 0 Å². The van der Waals surface area contributed by atoms with Crippen LogP contribution in [0.4, 0.5) is 13.2 Å². The first-order chi connectivity index (χ1) is 7.65. The molecule has 0 saturated carbocycles. The Bertz CT molecular complexity index is 394. The lowest BCUT2D eigenvalue weighted by atomic mass is 9.85. The molecule has 0 aliphatic carbocycles. The normalized spacial score (nSPS) is 12.9. The van der Waals surface area contributed by atoms with Gasteiger partial charge in [0, 0.05) is 6.61 Å². The van der Waals surface area contributed by atoms with E-state index in [1.165, 1.54) is 6.07 Å². The average Bonchev–Trinajstić information content (AvgIpc) is 2.19. The summed E-state index contributed by atoms with van der Waals surface area (Å²) in [7, 11) is 0.